The van der Waals surface area contributed by atoms with Gasteiger partial charge in [-0.3, -0.25) is 9.69 Å². The van der Waals surface area contributed by atoms with Crippen molar-refractivity contribution in [1.29, 1.82) is 0 Å². The molecule has 37 heavy (non-hydrogen) atoms. The van der Waals surface area contributed by atoms with E-state index < -0.39 is 18.0 Å². The molecular weight excluding hydrogens is 479 g/mol. The number of aromatic nitrogens is 3. The third kappa shape index (κ3) is 5.28. The lowest BCUT2D eigenvalue weighted by Crippen LogP contribution is -2.44. The number of aromatic amines is 1. The fraction of sp³-hybridized carbons (Fsp3) is 0.571. The summed E-state index contributed by atoms with van der Waals surface area (Å²) in [4.78, 5) is 22.9. The molecule has 200 valence electrons. The van der Waals surface area contributed by atoms with E-state index in [0.29, 0.717) is 31.6 Å². The lowest BCUT2D eigenvalue weighted by atomic mass is 9.84. The van der Waals surface area contributed by atoms with Gasteiger partial charge < -0.3 is 15.3 Å². The van der Waals surface area contributed by atoms with E-state index in [4.69, 9.17) is 10.7 Å². The Morgan fingerprint density at radius 2 is 1.95 bits per heavy atom. The van der Waals surface area contributed by atoms with Crippen molar-refractivity contribution in [2.45, 2.75) is 89.5 Å². The van der Waals surface area contributed by atoms with Gasteiger partial charge in [-0.25, -0.2) is 4.98 Å². The fourth-order valence-electron chi connectivity index (χ4n) is 6.40. The molecule has 3 N–H and O–H groups in total. The number of nitrogens with one attached hydrogen (secondary N) is 1. The molecule has 2 aromatic heterocycles. The Labute approximate surface area is 215 Å². The van der Waals surface area contributed by atoms with Crippen LogP contribution in [0.1, 0.15) is 85.4 Å². The number of carbonyl (C=O) groups is 1. The van der Waals surface area contributed by atoms with Crippen molar-refractivity contribution in [3.63, 3.8) is 0 Å². The van der Waals surface area contributed by atoms with Crippen molar-refractivity contribution >= 4 is 16.8 Å². The molecule has 3 heterocycles. The molecule has 1 unspecified atom stereocenters. The van der Waals surface area contributed by atoms with Crippen LogP contribution in [0.25, 0.3) is 10.9 Å². The maximum absolute atomic E-state index is 13.1. The normalized spacial score (nSPS) is 21.7. The van der Waals surface area contributed by atoms with Crippen LogP contribution in [0.15, 0.2) is 30.5 Å². The van der Waals surface area contributed by atoms with Crippen molar-refractivity contribution in [3.8, 4) is 0 Å². The third-order valence-electron chi connectivity index (χ3n) is 8.38. The van der Waals surface area contributed by atoms with Gasteiger partial charge in [0.1, 0.15) is 11.5 Å². The highest BCUT2D eigenvalue weighted by atomic mass is 19.4. The van der Waals surface area contributed by atoms with Crippen LogP contribution in [0.3, 0.4) is 0 Å². The quantitative estimate of drug-likeness (QED) is 0.391. The monoisotopic (exact) mass is 515 g/mol. The molecule has 2 aliphatic rings. The molecule has 0 saturated heterocycles. The Hall–Kier alpha value is -2.81. The second-order valence-corrected chi connectivity index (χ2v) is 10.7. The zero-order valence-electron chi connectivity index (χ0n) is 21.4. The number of fused-ring (bicyclic) bond motifs is 2. The first-order valence-corrected chi connectivity index (χ1v) is 13.5. The number of amides is 1. The number of halogens is 3. The van der Waals surface area contributed by atoms with Crippen molar-refractivity contribution in [3.05, 3.63) is 53.2 Å². The topological polar surface area (TPSA) is 79.9 Å². The summed E-state index contributed by atoms with van der Waals surface area (Å²) in [5, 5.41) is 1.18. The van der Waals surface area contributed by atoms with Gasteiger partial charge in [0.15, 0.2) is 0 Å². The van der Waals surface area contributed by atoms with Crippen molar-refractivity contribution in [1.82, 2.24) is 19.4 Å². The van der Waals surface area contributed by atoms with Crippen LogP contribution in [-0.4, -0.2) is 44.1 Å². The fourth-order valence-corrected chi connectivity index (χ4v) is 6.40. The molecule has 9 heteroatoms. The molecule has 1 atom stereocenters. The molecule has 1 aliphatic carbocycles. The van der Waals surface area contributed by atoms with Crippen LogP contribution in [-0.2, 0) is 19.5 Å². The van der Waals surface area contributed by atoms with Crippen molar-refractivity contribution in [2.75, 3.05) is 6.54 Å². The Morgan fingerprint density at radius 3 is 2.65 bits per heavy atom. The number of para-hydroxylation sites is 1. The predicted molar refractivity (Wildman–Crippen MR) is 137 cm³/mol. The van der Waals surface area contributed by atoms with E-state index in [9.17, 15) is 18.0 Å². The molecule has 1 aliphatic heterocycles. The first-order chi connectivity index (χ1) is 17.8. The summed E-state index contributed by atoms with van der Waals surface area (Å²) in [5.41, 5.74) is 9.41. The molecule has 0 radical (unpaired) electrons. The third-order valence-corrected chi connectivity index (χ3v) is 8.38. The summed E-state index contributed by atoms with van der Waals surface area (Å²) >= 11 is 0. The minimum Gasteiger partial charge on any atom is -0.364 e. The van der Waals surface area contributed by atoms with Gasteiger partial charge in [-0.05, 0) is 50.2 Å². The van der Waals surface area contributed by atoms with Crippen LogP contribution in [0.4, 0.5) is 13.2 Å². The first kappa shape index (κ1) is 25.8. The number of rotatable bonds is 8. The largest absolute Gasteiger partial charge is 0.391 e. The van der Waals surface area contributed by atoms with Crippen molar-refractivity contribution in [2.24, 2.45) is 11.7 Å². The number of benzene rings is 1. The summed E-state index contributed by atoms with van der Waals surface area (Å²) in [6.45, 7) is 4.11. The van der Waals surface area contributed by atoms with Gasteiger partial charge in [0.25, 0.3) is 5.91 Å². The molecule has 0 spiro atoms. The molecule has 3 aromatic rings. The van der Waals surface area contributed by atoms with Crippen molar-refractivity contribution < 1.29 is 18.0 Å². The highest BCUT2D eigenvalue weighted by molar-refractivity contribution is 5.92. The molecule has 1 aromatic carbocycles. The lowest BCUT2D eigenvalue weighted by Gasteiger charge is -2.39. The van der Waals surface area contributed by atoms with Gasteiger partial charge in [-0.2, -0.15) is 13.2 Å². The van der Waals surface area contributed by atoms with Crippen LogP contribution in [0, 0.1) is 5.92 Å². The highest BCUT2D eigenvalue weighted by Gasteiger charge is 2.43. The van der Waals surface area contributed by atoms with Gasteiger partial charge >= 0.3 is 6.18 Å². The molecule has 1 amide bonds. The van der Waals surface area contributed by atoms with E-state index in [1.807, 2.05) is 12.1 Å². The minimum atomic E-state index is -4.10. The van der Waals surface area contributed by atoms with E-state index in [-0.39, 0.29) is 24.8 Å². The van der Waals surface area contributed by atoms with Gasteiger partial charge in [0.2, 0.25) is 0 Å². The zero-order valence-corrected chi connectivity index (χ0v) is 21.4. The summed E-state index contributed by atoms with van der Waals surface area (Å²) in [6, 6.07) is 8.34. The summed E-state index contributed by atoms with van der Waals surface area (Å²) in [5.74, 6) is -0.813. The Morgan fingerprint density at radius 1 is 1.19 bits per heavy atom. The smallest absolute Gasteiger partial charge is 0.364 e. The van der Waals surface area contributed by atoms with Gasteiger partial charge in [-0.15, -0.1) is 0 Å². The van der Waals surface area contributed by atoms with Gasteiger partial charge in [0, 0.05) is 42.1 Å². The molecule has 1 fully saturated rings. The number of hydrogen-bond donors (Lipinski definition) is 2. The van der Waals surface area contributed by atoms with E-state index in [2.05, 4.69) is 39.7 Å². The van der Waals surface area contributed by atoms with Gasteiger partial charge in [-0.1, -0.05) is 38.0 Å². The van der Waals surface area contributed by atoms with E-state index in [1.54, 1.807) is 0 Å². The average molecular weight is 516 g/mol. The summed E-state index contributed by atoms with van der Waals surface area (Å²) in [7, 11) is 0. The first-order valence-electron chi connectivity index (χ1n) is 13.5. The molecular formula is C28H36F3N5O. The maximum Gasteiger partial charge on any atom is 0.391 e. The molecule has 6 nitrogen and oxygen atoms in total. The van der Waals surface area contributed by atoms with E-state index in [1.165, 1.54) is 10.9 Å². The standard InChI is InChI=1S/C28H36F3N5O/c1-2-3-6-18(15-19-16-33-23-8-5-4-7-22(19)23)26-25(27(32)37)34-24-17-35(13-14-36(24)26)21-11-9-20(10-12-21)28(29,30)31/h4-5,7-8,16,18,20-21,33H,2-3,6,9-15,17H2,1H3,(H2,32,37). The van der Waals surface area contributed by atoms with E-state index >= 15 is 0 Å². The minimum absolute atomic E-state index is 0.0941. The van der Waals surface area contributed by atoms with E-state index in [0.717, 1.165) is 49.3 Å². The summed E-state index contributed by atoms with van der Waals surface area (Å²) in [6.07, 6.45) is 3.17. The number of hydrogen-bond acceptors (Lipinski definition) is 3. The number of imidazole rings is 1. The zero-order chi connectivity index (χ0) is 26.2. The number of unbranched alkanes of at least 4 members (excludes halogenated alkanes) is 1. The molecule has 1 saturated carbocycles. The molecule has 5 rings (SSSR count). The number of nitrogens with two attached hydrogens (primary N) is 1. The Kier molecular flexibility index (Phi) is 7.34. The SMILES string of the molecule is CCCCC(Cc1c[nH]c2ccccc12)c1c(C(N)=O)nc2n1CCN(C1CCC(C(F)(F)F)CC1)C2. The maximum atomic E-state index is 13.1. The summed E-state index contributed by atoms with van der Waals surface area (Å²) < 4.78 is 41.6. The number of alkyl halides is 3. The number of primary amides is 1. The number of nitrogens with zero attached hydrogens (tertiary/aromatic N) is 3. The highest BCUT2D eigenvalue weighted by Crippen LogP contribution is 2.40. The van der Waals surface area contributed by atoms with Gasteiger partial charge in [0.05, 0.1) is 18.2 Å². The Balaban J connectivity index is 1.40. The van der Waals surface area contributed by atoms with Crippen LogP contribution in [0.2, 0.25) is 0 Å². The Bertz CT molecular complexity index is 1240. The number of carbonyl (C=O) groups excluding carboxylic acids is 1. The second kappa shape index (κ2) is 10.5. The average Bonchev–Trinajstić information content (AvgIpc) is 3.47. The van der Waals surface area contributed by atoms with Crippen LogP contribution >= 0.6 is 0 Å². The molecule has 0 bridgehead atoms. The second-order valence-electron chi connectivity index (χ2n) is 10.7. The number of H-pyrrole nitrogens is 1. The predicted octanol–water partition coefficient (Wildman–Crippen LogP) is 5.92. The lowest BCUT2D eigenvalue weighted by molar-refractivity contribution is -0.184. The van der Waals surface area contributed by atoms with Crippen LogP contribution in [0.5, 0.6) is 0 Å². The van der Waals surface area contributed by atoms with Crippen LogP contribution < -0.4 is 5.73 Å².